The molecule has 0 aromatic heterocycles. The number of hydrogen-bond acceptors (Lipinski definition) is 4. The Hall–Kier alpha value is -1.52. The fourth-order valence-electron chi connectivity index (χ4n) is 1.69. The highest BCUT2D eigenvalue weighted by Gasteiger charge is 2.27. The number of ether oxygens (including phenoxy) is 2. The number of hydrogen-bond donors (Lipinski definition) is 0. The second-order valence-corrected chi connectivity index (χ2v) is 6.91. The predicted octanol–water partition coefficient (Wildman–Crippen LogP) is 2.90. The van der Waals surface area contributed by atoms with Gasteiger partial charge in [0.05, 0.1) is 0 Å². The van der Waals surface area contributed by atoms with Crippen LogP contribution in [0.1, 0.15) is 48.0 Å². The molecule has 5 nitrogen and oxygen atoms in total. The maximum Gasteiger partial charge on any atom is 0.410 e. The van der Waals surface area contributed by atoms with Gasteiger partial charge in [0.15, 0.2) is 0 Å². The van der Waals surface area contributed by atoms with E-state index >= 15 is 0 Å². The summed E-state index contributed by atoms with van der Waals surface area (Å²) in [4.78, 5) is 25.4. The molecule has 0 fully saturated rings. The highest BCUT2D eigenvalue weighted by molar-refractivity contribution is 5.89. The van der Waals surface area contributed by atoms with Crippen LogP contribution in [0.4, 0.5) is 4.79 Å². The summed E-state index contributed by atoms with van der Waals surface area (Å²) in [6.45, 7) is 11.8. The first-order valence-corrected chi connectivity index (χ1v) is 6.88. The minimum absolute atomic E-state index is 0.304. The molecule has 0 saturated heterocycles. The van der Waals surface area contributed by atoms with Gasteiger partial charge < -0.3 is 14.4 Å². The molecule has 1 rings (SSSR count). The van der Waals surface area contributed by atoms with Crippen molar-refractivity contribution in [2.45, 2.75) is 59.2 Å². The van der Waals surface area contributed by atoms with Crippen LogP contribution in [0.15, 0.2) is 11.6 Å². The lowest BCUT2D eigenvalue weighted by atomic mass is 10.1. The molecule has 5 heteroatoms. The third kappa shape index (κ3) is 5.63. The zero-order chi connectivity index (χ0) is 15.6. The minimum atomic E-state index is -0.508. The molecule has 0 aliphatic carbocycles. The van der Waals surface area contributed by atoms with Crippen LogP contribution in [-0.2, 0) is 14.3 Å². The average Bonchev–Trinajstić information content (AvgIpc) is 2.24. The van der Waals surface area contributed by atoms with Crippen LogP contribution in [0.5, 0.6) is 0 Å². The Balaban J connectivity index is 2.57. The molecule has 0 bridgehead atoms. The topological polar surface area (TPSA) is 55.8 Å². The van der Waals surface area contributed by atoms with Crippen molar-refractivity contribution in [3.05, 3.63) is 11.6 Å². The molecule has 20 heavy (non-hydrogen) atoms. The van der Waals surface area contributed by atoms with E-state index in [1.165, 1.54) is 0 Å². The third-order valence-electron chi connectivity index (χ3n) is 2.52. The lowest BCUT2D eigenvalue weighted by Gasteiger charge is -2.29. The van der Waals surface area contributed by atoms with Crippen LogP contribution in [0.3, 0.4) is 0 Å². The lowest BCUT2D eigenvalue weighted by Crippen LogP contribution is -2.40. The molecular formula is C15H25NO4. The fourth-order valence-corrected chi connectivity index (χ4v) is 1.69. The van der Waals surface area contributed by atoms with Crippen LogP contribution in [-0.4, -0.2) is 41.3 Å². The summed E-state index contributed by atoms with van der Waals surface area (Å²) in [5.41, 5.74) is -0.383. The molecule has 0 aromatic carbocycles. The van der Waals surface area contributed by atoms with Gasteiger partial charge in [-0.15, -0.1) is 0 Å². The van der Waals surface area contributed by atoms with Gasteiger partial charge >= 0.3 is 12.1 Å². The zero-order valence-electron chi connectivity index (χ0n) is 13.3. The number of amides is 1. The highest BCUT2D eigenvalue weighted by Crippen LogP contribution is 2.18. The Morgan fingerprint density at radius 3 is 2.00 bits per heavy atom. The third-order valence-corrected chi connectivity index (χ3v) is 2.52. The number of carbonyl (C=O) groups excluding carboxylic acids is 2. The highest BCUT2D eigenvalue weighted by atomic mass is 16.6. The van der Waals surface area contributed by atoms with Gasteiger partial charge in [0.2, 0.25) is 0 Å². The van der Waals surface area contributed by atoms with Gasteiger partial charge in [-0.1, -0.05) is 6.08 Å². The van der Waals surface area contributed by atoms with E-state index in [1.807, 2.05) is 41.5 Å². The van der Waals surface area contributed by atoms with Gasteiger partial charge in [-0.2, -0.15) is 0 Å². The molecule has 114 valence electrons. The first-order valence-electron chi connectivity index (χ1n) is 6.88. The number of rotatable bonds is 1. The van der Waals surface area contributed by atoms with E-state index in [2.05, 4.69) is 0 Å². The van der Waals surface area contributed by atoms with E-state index in [9.17, 15) is 9.59 Å². The smallest absolute Gasteiger partial charge is 0.410 e. The summed E-state index contributed by atoms with van der Waals surface area (Å²) >= 11 is 0. The van der Waals surface area contributed by atoms with Crippen molar-refractivity contribution >= 4 is 12.1 Å². The van der Waals surface area contributed by atoms with Crippen molar-refractivity contribution in [1.82, 2.24) is 4.90 Å². The van der Waals surface area contributed by atoms with Crippen LogP contribution in [0.2, 0.25) is 0 Å². The Morgan fingerprint density at radius 2 is 1.60 bits per heavy atom. The zero-order valence-corrected chi connectivity index (χ0v) is 13.3. The maximum atomic E-state index is 11.9. The Morgan fingerprint density at radius 1 is 1.05 bits per heavy atom. The van der Waals surface area contributed by atoms with E-state index < -0.39 is 11.2 Å². The van der Waals surface area contributed by atoms with Crippen molar-refractivity contribution in [3.8, 4) is 0 Å². The number of nitrogens with zero attached hydrogens (tertiary/aromatic N) is 1. The van der Waals surface area contributed by atoms with Gasteiger partial charge in [-0.3, -0.25) is 0 Å². The van der Waals surface area contributed by atoms with E-state index in [4.69, 9.17) is 9.47 Å². The van der Waals surface area contributed by atoms with Crippen LogP contribution in [0, 0.1) is 0 Å². The first kappa shape index (κ1) is 16.5. The molecule has 1 amide bonds. The van der Waals surface area contributed by atoms with Crippen molar-refractivity contribution in [3.63, 3.8) is 0 Å². The Labute approximate surface area is 120 Å². The van der Waals surface area contributed by atoms with Crippen LogP contribution >= 0.6 is 0 Å². The van der Waals surface area contributed by atoms with Gasteiger partial charge in [-0.25, -0.2) is 9.59 Å². The molecule has 1 aliphatic heterocycles. The monoisotopic (exact) mass is 283 g/mol. The van der Waals surface area contributed by atoms with Crippen molar-refractivity contribution in [1.29, 1.82) is 0 Å². The fraction of sp³-hybridized carbons (Fsp3) is 0.733. The van der Waals surface area contributed by atoms with Gasteiger partial charge in [-0.05, 0) is 48.0 Å². The van der Waals surface area contributed by atoms with Gasteiger partial charge in [0.1, 0.15) is 11.2 Å². The quantitative estimate of drug-likeness (QED) is 0.694. The summed E-state index contributed by atoms with van der Waals surface area (Å²) in [6, 6.07) is 0. The van der Waals surface area contributed by atoms with E-state index in [0.29, 0.717) is 25.1 Å². The molecule has 0 N–H and O–H groups in total. The number of carbonyl (C=O) groups is 2. The predicted molar refractivity (Wildman–Crippen MR) is 76.4 cm³/mol. The Bertz CT molecular complexity index is 413. The summed E-state index contributed by atoms with van der Waals surface area (Å²) in [5, 5.41) is 0. The summed E-state index contributed by atoms with van der Waals surface area (Å²) in [7, 11) is 0. The molecule has 0 unspecified atom stereocenters. The van der Waals surface area contributed by atoms with Gasteiger partial charge in [0.25, 0.3) is 0 Å². The molecule has 0 aromatic rings. The van der Waals surface area contributed by atoms with Crippen molar-refractivity contribution in [2.24, 2.45) is 0 Å². The average molecular weight is 283 g/mol. The van der Waals surface area contributed by atoms with Crippen molar-refractivity contribution in [2.75, 3.05) is 13.1 Å². The molecule has 0 saturated carbocycles. The van der Waals surface area contributed by atoms with E-state index in [1.54, 1.807) is 11.0 Å². The lowest BCUT2D eigenvalue weighted by molar-refractivity contribution is -0.150. The SMILES string of the molecule is CC(C)(C)OC(=O)C1=CCN(C(=O)OC(C)(C)C)CC1. The van der Waals surface area contributed by atoms with Crippen molar-refractivity contribution < 1.29 is 19.1 Å². The molecule has 0 radical (unpaired) electrons. The first-order chi connectivity index (χ1) is 8.98. The molecule has 1 heterocycles. The molecule has 0 atom stereocenters. The standard InChI is InChI=1S/C15H25NO4/c1-14(2,3)19-12(17)11-7-9-16(10-8-11)13(18)20-15(4,5)6/h7H,8-10H2,1-6H3. The summed E-state index contributed by atoms with van der Waals surface area (Å²) < 4.78 is 10.6. The number of esters is 1. The van der Waals surface area contributed by atoms with Gasteiger partial charge in [0, 0.05) is 18.7 Å². The van der Waals surface area contributed by atoms with E-state index in [0.717, 1.165) is 0 Å². The second-order valence-electron chi connectivity index (χ2n) is 6.91. The molecular weight excluding hydrogens is 258 g/mol. The maximum absolute atomic E-state index is 11.9. The second kappa shape index (κ2) is 5.85. The summed E-state index contributed by atoms with van der Waals surface area (Å²) in [6.07, 6.45) is 1.88. The minimum Gasteiger partial charge on any atom is -0.457 e. The van der Waals surface area contributed by atoms with E-state index in [-0.39, 0.29) is 12.1 Å². The summed E-state index contributed by atoms with van der Waals surface area (Å²) in [5.74, 6) is -0.304. The Kier molecular flexibility index (Phi) is 4.84. The largest absolute Gasteiger partial charge is 0.457 e. The molecule has 1 aliphatic rings. The normalized spacial score (nSPS) is 16.5. The van der Waals surface area contributed by atoms with Crippen LogP contribution in [0.25, 0.3) is 0 Å². The molecule has 0 spiro atoms. The van der Waals surface area contributed by atoms with Crippen LogP contribution < -0.4 is 0 Å².